The predicted molar refractivity (Wildman–Crippen MR) is 83.2 cm³/mol. The van der Waals surface area contributed by atoms with Crippen molar-refractivity contribution in [2.45, 2.75) is 50.9 Å². The van der Waals surface area contributed by atoms with E-state index in [0.717, 1.165) is 49.2 Å². The summed E-state index contributed by atoms with van der Waals surface area (Å²) in [6.45, 7) is 2.79. The summed E-state index contributed by atoms with van der Waals surface area (Å²) >= 11 is 5.81. The molecule has 0 saturated heterocycles. The highest BCUT2D eigenvalue weighted by Gasteiger charge is 2.16. The summed E-state index contributed by atoms with van der Waals surface area (Å²) in [5, 5.41) is 0.724. The van der Waals surface area contributed by atoms with E-state index >= 15 is 0 Å². The molecule has 0 fully saturated rings. The summed E-state index contributed by atoms with van der Waals surface area (Å²) in [5.74, 6) is 0.853. The van der Waals surface area contributed by atoms with Crippen molar-refractivity contribution in [1.82, 2.24) is 0 Å². The second-order valence-corrected chi connectivity index (χ2v) is 5.74. The molecule has 0 spiro atoms. The average Bonchev–Trinajstić information content (AvgIpc) is 2.37. The molecule has 1 aromatic carbocycles. The Kier molecular flexibility index (Phi) is 7.33. The molecule has 104 valence electrons. The lowest BCUT2D eigenvalue weighted by Gasteiger charge is -2.24. The van der Waals surface area contributed by atoms with Crippen LogP contribution in [0.5, 0.6) is 5.75 Å². The summed E-state index contributed by atoms with van der Waals surface area (Å²) in [7, 11) is 5.48. The molecule has 2 radical (unpaired) electrons. The van der Waals surface area contributed by atoms with Crippen LogP contribution in [0.4, 0.5) is 0 Å². The number of ether oxygens (including phenoxy) is 1. The Morgan fingerprint density at radius 2 is 1.79 bits per heavy atom. The maximum absolute atomic E-state index is 6.24. The Morgan fingerprint density at radius 1 is 1.16 bits per heavy atom. The lowest BCUT2D eigenvalue weighted by Crippen LogP contribution is -2.36. The number of hydrogen-bond acceptors (Lipinski definition) is 2. The van der Waals surface area contributed by atoms with E-state index in [-0.39, 0.29) is 5.54 Å². The molecule has 2 N–H and O–H groups in total. The second kappa shape index (κ2) is 8.49. The van der Waals surface area contributed by atoms with Crippen LogP contribution >= 0.6 is 11.6 Å². The van der Waals surface area contributed by atoms with E-state index in [1.165, 1.54) is 0 Å². The van der Waals surface area contributed by atoms with Crippen LogP contribution < -0.4 is 10.5 Å². The third-order valence-electron chi connectivity index (χ3n) is 3.18. The third kappa shape index (κ3) is 7.49. The van der Waals surface area contributed by atoms with Crippen molar-refractivity contribution in [2.24, 2.45) is 5.73 Å². The van der Waals surface area contributed by atoms with Gasteiger partial charge in [-0.1, -0.05) is 30.8 Å². The molecule has 0 saturated carbocycles. The lowest BCUT2D eigenvalue weighted by atomic mass is 9.89. The van der Waals surface area contributed by atoms with Crippen molar-refractivity contribution in [3.63, 3.8) is 0 Å². The number of unbranched alkanes of at least 4 members (excludes halogenated alkanes) is 1. The first kappa shape index (κ1) is 16.4. The molecule has 1 aromatic rings. The van der Waals surface area contributed by atoms with E-state index in [4.69, 9.17) is 29.9 Å². The molecule has 0 bridgehead atoms. The fourth-order valence-electron chi connectivity index (χ4n) is 2.00. The zero-order chi connectivity index (χ0) is 14.1. The molecular formula is C15H23BClNO. The highest BCUT2D eigenvalue weighted by Crippen LogP contribution is 2.19. The topological polar surface area (TPSA) is 35.2 Å². The van der Waals surface area contributed by atoms with Gasteiger partial charge in [-0.25, -0.2) is 0 Å². The van der Waals surface area contributed by atoms with Gasteiger partial charge in [-0.15, -0.1) is 0 Å². The van der Waals surface area contributed by atoms with Crippen LogP contribution in [0.1, 0.15) is 39.0 Å². The third-order valence-corrected chi connectivity index (χ3v) is 3.43. The van der Waals surface area contributed by atoms with Crippen LogP contribution in [0, 0.1) is 0 Å². The smallest absolute Gasteiger partial charge is 0.119 e. The summed E-state index contributed by atoms with van der Waals surface area (Å²) in [5.41, 5.74) is 6.13. The van der Waals surface area contributed by atoms with Crippen LogP contribution in [-0.2, 0) is 0 Å². The Labute approximate surface area is 123 Å². The molecule has 0 aliphatic heterocycles. The van der Waals surface area contributed by atoms with E-state index in [1.54, 1.807) is 0 Å². The van der Waals surface area contributed by atoms with Gasteiger partial charge in [-0.2, -0.15) is 0 Å². The monoisotopic (exact) mass is 279 g/mol. The van der Waals surface area contributed by atoms with Gasteiger partial charge >= 0.3 is 0 Å². The van der Waals surface area contributed by atoms with Gasteiger partial charge in [0.15, 0.2) is 0 Å². The summed E-state index contributed by atoms with van der Waals surface area (Å²) < 4.78 is 5.65. The van der Waals surface area contributed by atoms with Crippen molar-refractivity contribution in [3.05, 3.63) is 29.3 Å². The molecule has 4 heteroatoms. The maximum Gasteiger partial charge on any atom is 0.119 e. The second-order valence-electron chi connectivity index (χ2n) is 5.31. The number of rotatable bonds is 9. The first-order valence-electron chi connectivity index (χ1n) is 6.91. The van der Waals surface area contributed by atoms with Crippen molar-refractivity contribution < 1.29 is 4.74 Å². The Hall–Kier alpha value is -0.665. The first-order valence-corrected chi connectivity index (χ1v) is 7.29. The number of hydrogen-bond donors (Lipinski definition) is 1. The van der Waals surface area contributed by atoms with Crippen molar-refractivity contribution >= 4 is 19.4 Å². The lowest BCUT2D eigenvalue weighted by molar-refractivity contribution is 0.278. The largest absolute Gasteiger partial charge is 0.494 e. The van der Waals surface area contributed by atoms with Gasteiger partial charge in [0.1, 0.15) is 5.75 Å². The number of halogens is 1. The van der Waals surface area contributed by atoms with E-state index < -0.39 is 0 Å². The normalized spacial score (nSPS) is 14.1. The van der Waals surface area contributed by atoms with Gasteiger partial charge in [-0.05, 0) is 50.5 Å². The van der Waals surface area contributed by atoms with Crippen LogP contribution in [0.2, 0.25) is 11.3 Å². The minimum atomic E-state index is -0.113. The molecule has 1 rings (SSSR count). The summed E-state index contributed by atoms with van der Waals surface area (Å²) in [4.78, 5) is 0. The molecule has 0 aliphatic carbocycles. The van der Waals surface area contributed by atoms with E-state index in [9.17, 15) is 0 Å². The van der Waals surface area contributed by atoms with Gasteiger partial charge < -0.3 is 10.5 Å². The zero-order valence-corrected chi connectivity index (χ0v) is 12.5. The van der Waals surface area contributed by atoms with E-state index in [0.29, 0.717) is 6.61 Å². The molecule has 0 aromatic heterocycles. The summed E-state index contributed by atoms with van der Waals surface area (Å²) in [6, 6.07) is 7.42. The zero-order valence-electron chi connectivity index (χ0n) is 11.7. The van der Waals surface area contributed by atoms with Crippen LogP contribution in [0.3, 0.4) is 0 Å². The molecule has 19 heavy (non-hydrogen) atoms. The highest BCUT2D eigenvalue weighted by atomic mass is 35.5. The van der Waals surface area contributed by atoms with Gasteiger partial charge in [0, 0.05) is 10.6 Å². The fraction of sp³-hybridized carbons (Fsp3) is 0.600. The van der Waals surface area contributed by atoms with Crippen LogP contribution in [0.25, 0.3) is 0 Å². The molecular weight excluding hydrogens is 256 g/mol. The number of benzene rings is 1. The summed E-state index contributed by atoms with van der Waals surface area (Å²) in [6.07, 6.45) is 5.83. The molecule has 2 nitrogen and oxygen atoms in total. The van der Waals surface area contributed by atoms with Gasteiger partial charge in [0.25, 0.3) is 0 Å². The van der Waals surface area contributed by atoms with Gasteiger partial charge in [0.05, 0.1) is 14.5 Å². The standard InChI is InChI=1S/C15H23BClNO/c1-15(18,9-2-3-11-16)10-4-12-19-14-7-5-13(17)6-8-14/h5-8H,2-4,9-12,18H2,1H3. The van der Waals surface area contributed by atoms with Crippen LogP contribution in [-0.4, -0.2) is 20.0 Å². The van der Waals surface area contributed by atoms with Gasteiger partial charge in [0.2, 0.25) is 0 Å². The minimum absolute atomic E-state index is 0.113. The minimum Gasteiger partial charge on any atom is -0.494 e. The van der Waals surface area contributed by atoms with Crippen molar-refractivity contribution in [2.75, 3.05) is 6.61 Å². The fourth-order valence-corrected chi connectivity index (χ4v) is 2.12. The van der Waals surface area contributed by atoms with Crippen LogP contribution in [0.15, 0.2) is 24.3 Å². The average molecular weight is 280 g/mol. The van der Waals surface area contributed by atoms with Gasteiger partial charge in [-0.3, -0.25) is 0 Å². The highest BCUT2D eigenvalue weighted by molar-refractivity contribution is 6.30. The Balaban J connectivity index is 2.17. The SMILES string of the molecule is [B]CCCCC(C)(N)CCCOc1ccc(Cl)cc1. The molecule has 0 heterocycles. The molecule has 1 unspecified atom stereocenters. The van der Waals surface area contributed by atoms with E-state index in [1.807, 2.05) is 24.3 Å². The number of nitrogens with two attached hydrogens (primary N) is 1. The molecule has 0 aliphatic rings. The quantitative estimate of drug-likeness (QED) is 0.548. The van der Waals surface area contributed by atoms with Crippen molar-refractivity contribution in [1.29, 1.82) is 0 Å². The first-order chi connectivity index (χ1) is 9.03. The Bertz CT molecular complexity index is 354. The van der Waals surface area contributed by atoms with Crippen molar-refractivity contribution in [3.8, 4) is 5.75 Å². The molecule has 1 atom stereocenters. The maximum atomic E-state index is 6.24. The molecule has 0 amide bonds. The predicted octanol–water partition coefficient (Wildman–Crippen LogP) is 3.97. The Morgan fingerprint density at radius 3 is 2.42 bits per heavy atom. The van der Waals surface area contributed by atoms with E-state index in [2.05, 4.69) is 6.92 Å².